The van der Waals surface area contributed by atoms with Crippen LogP contribution < -0.4 is 5.32 Å². The second-order valence-electron chi connectivity index (χ2n) is 6.27. The van der Waals surface area contributed by atoms with Gasteiger partial charge in [0.2, 0.25) is 0 Å². The van der Waals surface area contributed by atoms with Crippen molar-refractivity contribution in [3.63, 3.8) is 0 Å². The fourth-order valence-corrected chi connectivity index (χ4v) is 3.14. The fraction of sp³-hybridized carbons (Fsp3) is 0.611. The molecule has 0 radical (unpaired) electrons. The lowest BCUT2D eigenvalue weighted by molar-refractivity contribution is 0.0505. The molecule has 2 rings (SSSR count). The van der Waals surface area contributed by atoms with Gasteiger partial charge in [0.15, 0.2) is 0 Å². The quantitative estimate of drug-likeness (QED) is 0.812. The summed E-state index contributed by atoms with van der Waals surface area (Å²) in [5.74, 6) is 1.16. The Labute approximate surface area is 128 Å². The number of nitrogens with one attached hydrogen (secondary N) is 1. The molecule has 1 fully saturated rings. The standard InChI is InChI=1S/C18H27NO2/c1-4-12-21-18(20)15-8-10-16(11-9-15)19-17-13(2)6-5-7-14(17)3/h8-11,13-14,17,19H,4-7,12H2,1-3H3. The van der Waals surface area contributed by atoms with Gasteiger partial charge in [-0.15, -0.1) is 0 Å². The molecule has 21 heavy (non-hydrogen) atoms. The Balaban J connectivity index is 1.97. The number of carbonyl (C=O) groups is 1. The highest BCUT2D eigenvalue weighted by molar-refractivity contribution is 5.89. The van der Waals surface area contributed by atoms with Gasteiger partial charge in [-0.25, -0.2) is 4.79 Å². The van der Waals surface area contributed by atoms with E-state index in [1.807, 2.05) is 31.2 Å². The first-order chi connectivity index (χ1) is 10.1. The predicted molar refractivity (Wildman–Crippen MR) is 86.6 cm³/mol. The summed E-state index contributed by atoms with van der Waals surface area (Å²) in [6.45, 7) is 7.12. The second kappa shape index (κ2) is 7.48. The van der Waals surface area contributed by atoms with Crippen molar-refractivity contribution in [3.05, 3.63) is 29.8 Å². The highest BCUT2D eigenvalue weighted by atomic mass is 16.5. The lowest BCUT2D eigenvalue weighted by Crippen LogP contribution is -2.37. The van der Waals surface area contributed by atoms with Crippen molar-refractivity contribution in [2.24, 2.45) is 11.8 Å². The molecule has 1 aromatic carbocycles. The molecule has 2 atom stereocenters. The number of carbonyl (C=O) groups excluding carboxylic acids is 1. The number of rotatable bonds is 5. The van der Waals surface area contributed by atoms with E-state index < -0.39 is 0 Å². The van der Waals surface area contributed by atoms with E-state index in [-0.39, 0.29) is 5.97 Å². The van der Waals surface area contributed by atoms with Crippen molar-refractivity contribution in [1.82, 2.24) is 0 Å². The third kappa shape index (κ3) is 4.23. The second-order valence-corrected chi connectivity index (χ2v) is 6.27. The summed E-state index contributed by atoms with van der Waals surface area (Å²) in [7, 11) is 0. The van der Waals surface area contributed by atoms with Crippen molar-refractivity contribution >= 4 is 11.7 Å². The zero-order valence-corrected chi connectivity index (χ0v) is 13.4. The third-order valence-corrected chi connectivity index (χ3v) is 4.44. The van der Waals surface area contributed by atoms with Gasteiger partial charge >= 0.3 is 5.97 Å². The Kier molecular flexibility index (Phi) is 5.66. The van der Waals surface area contributed by atoms with Crippen LogP contribution in [-0.2, 0) is 4.74 Å². The Morgan fingerprint density at radius 2 is 1.81 bits per heavy atom. The van der Waals surface area contributed by atoms with Crippen LogP contribution in [0.25, 0.3) is 0 Å². The highest BCUT2D eigenvalue weighted by Crippen LogP contribution is 2.31. The molecule has 1 aromatic rings. The maximum absolute atomic E-state index is 11.8. The molecule has 0 aliphatic heterocycles. The number of hydrogen-bond donors (Lipinski definition) is 1. The summed E-state index contributed by atoms with van der Waals surface area (Å²) in [6.07, 6.45) is 4.78. The van der Waals surface area contributed by atoms with Crippen LogP contribution in [0.15, 0.2) is 24.3 Å². The van der Waals surface area contributed by atoms with Gasteiger partial charge in [-0.1, -0.05) is 27.2 Å². The zero-order valence-electron chi connectivity index (χ0n) is 13.4. The van der Waals surface area contributed by atoms with E-state index in [2.05, 4.69) is 19.2 Å². The highest BCUT2D eigenvalue weighted by Gasteiger charge is 2.27. The number of esters is 1. The fourth-order valence-electron chi connectivity index (χ4n) is 3.14. The van der Waals surface area contributed by atoms with Crippen molar-refractivity contribution in [2.75, 3.05) is 11.9 Å². The van der Waals surface area contributed by atoms with E-state index in [1.54, 1.807) is 0 Å². The summed E-state index contributed by atoms with van der Waals surface area (Å²) in [5, 5.41) is 3.64. The Morgan fingerprint density at radius 3 is 2.38 bits per heavy atom. The van der Waals surface area contributed by atoms with Gasteiger partial charge in [0.25, 0.3) is 0 Å². The summed E-state index contributed by atoms with van der Waals surface area (Å²) < 4.78 is 5.14. The Morgan fingerprint density at radius 1 is 1.19 bits per heavy atom. The molecule has 3 nitrogen and oxygen atoms in total. The van der Waals surface area contributed by atoms with Gasteiger partial charge in [-0.2, -0.15) is 0 Å². The van der Waals surface area contributed by atoms with E-state index in [0.29, 0.717) is 30.0 Å². The minimum absolute atomic E-state index is 0.234. The minimum Gasteiger partial charge on any atom is -0.462 e. The maximum atomic E-state index is 11.8. The monoisotopic (exact) mass is 289 g/mol. The number of ether oxygens (including phenoxy) is 1. The molecule has 0 heterocycles. The van der Waals surface area contributed by atoms with E-state index >= 15 is 0 Å². The van der Waals surface area contributed by atoms with Crippen molar-refractivity contribution in [1.29, 1.82) is 0 Å². The van der Waals surface area contributed by atoms with Crippen LogP contribution in [0.1, 0.15) is 56.8 Å². The average Bonchev–Trinajstić information content (AvgIpc) is 2.49. The van der Waals surface area contributed by atoms with Crippen LogP contribution in [0.3, 0.4) is 0 Å². The van der Waals surface area contributed by atoms with Crippen LogP contribution in [0, 0.1) is 11.8 Å². The van der Waals surface area contributed by atoms with Gasteiger partial charge in [-0.3, -0.25) is 0 Å². The number of benzene rings is 1. The normalized spacial score (nSPS) is 25.4. The molecule has 1 N–H and O–H groups in total. The molecule has 116 valence electrons. The van der Waals surface area contributed by atoms with Gasteiger partial charge in [0.1, 0.15) is 0 Å². The first-order valence-corrected chi connectivity index (χ1v) is 8.15. The smallest absolute Gasteiger partial charge is 0.338 e. The van der Waals surface area contributed by atoms with E-state index in [4.69, 9.17) is 4.74 Å². The zero-order chi connectivity index (χ0) is 15.2. The largest absolute Gasteiger partial charge is 0.462 e. The van der Waals surface area contributed by atoms with Crippen LogP contribution >= 0.6 is 0 Å². The molecule has 1 aliphatic rings. The molecule has 0 aromatic heterocycles. The lowest BCUT2D eigenvalue weighted by Gasteiger charge is -2.35. The SMILES string of the molecule is CCCOC(=O)c1ccc(NC2C(C)CCCC2C)cc1. The molecule has 0 bridgehead atoms. The van der Waals surface area contributed by atoms with Crippen LogP contribution in [0.4, 0.5) is 5.69 Å². The van der Waals surface area contributed by atoms with Gasteiger partial charge < -0.3 is 10.1 Å². The molecule has 3 heteroatoms. The molecular formula is C18H27NO2. The average molecular weight is 289 g/mol. The van der Waals surface area contributed by atoms with Crippen LogP contribution in [0.5, 0.6) is 0 Å². The maximum Gasteiger partial charge on any atom is 0.338 e. The van der Waals surface area contributed by atoms with Gasteiger partial charge in [0.05, 0.1) is 12.2 Å². The summed E-state index contributed by atoms with van der Waals surface area (Å²) in [5.41, 5.74) is 1.71. The topological polar surface area (TPSA) is 38.3 Å². The summed E-state index contributed by atoms with van der Waals surface area (Å²) >= 11 is 0. The van der Waals surface area contributed by atoms with Crippen LogP contribution in [0.2, 0.25) is 0 Å². The molecule has 1 aliphatic carbocycles. The number of hydrogen-bond acceptors (Lipinski definition) is 3. The van der Waals surface area contributed by atoms with Gasteiger partial charge in [-0.05, 0) is 55.4 Å². The molecular weight excluding hydrogens is 262 g/mol. The van der Waals surface area contributed by atoms with E-state index in [1.165, 1.54) is 19.3 Å². The van der Waals surface area contributed by atoms with Crippen molar-refractivity contribution in [3.8, 4) is 0 Å². The minimum atomic E-state index is -0.234. The molecule has 0 saturated heterocycles. The lowest BCUT2D eigenvalue weighted by atomic mass is 9.78. The Bertz CT molecular complexity index is 445. The third-order valence-electron chi connectivity index (χ3n) is 4.44. The number of anilines is 1. The molecule has 2 unspecified atom stereocenters. The summed E-state index contributed by atoms with van der Waals surface area (Å²) in [4.78, 5) is 11.8. The first-order valence-electron chi connectivity index (χ1n) is 8.15. The summed E-state index contributed by atoms with van der Waals surface area (Å²) in [6, 6.07) is 8.18. The predicted octanol–water partition coefficient (Wildman–Crippen LogP) is 4.49. The van der Waals surface area contributed by atoms with E-state index in [9.17, 15) is 4.79 Å². The Hall–Kier alpha value is -1.51. The van der Waals surface area contributed by atoms with Crippen molar-refractivity contribution < 1.29 is 9.53 Å². The van der Waals surface area contributed by atoms with Gasteiger partial charge in [0, 0.05) is 11.7 Å². The van der Waals surface area contributed by atoms with Crippen molar-refractivity contribution in [2.45, 2.75) is 52.5 Å². The van der Waals surface area contributed by atoms with E-state index in [0.717, 1.165) is 12.1 Å². The van der Waals surface area contributed by atoms with Crippen LogP contribution in [-0.4, -0.2) is 18.6 Å². The molecule has 0 amide bonds. The molecule has 0 spiro atoms. The first kappa shape index (κ1) is 15.9. The molecule has 1 saturated carbocycles.